The normalized spacial score (nSPS) is 13.0. The van der Waals surface area contributed by atoms with Gasteiger partial charge in [0.1, 0.15) is 29.3 Å². The highest BCUT2D eigenvalue weighted by Gasteiger charge is 2.37. The predicted molar refractivity (Wildman–Crippen MR) is 92.2 cm³/mol. The molecule has 0 bridgehead atoms. The van der Waals surface area contributed by atoms with Crippen LogP contribution >= 0.6 is 23.2 Å². The Morgan fingerprint density at radius 2 is 1.96 bits per heavy atom. The second kappa shape index (κ2) is 7.75. The quantitative estimate of drug-likeness (QED) is 0.635. The molecule has 7 nitrogen and oxygen atoms in total. The monoisotopic (exact) mass is 421 g/mol. The molecule has 1 aromatic carbocycles. The fourth-order valence-electron chi connectivity index (χ4n) is 2.12. The van der Waals surface area contributed by atoms with Crippen LogP contribution in [0.3, 0.4) is 0 Å². The third-order valence-electron chi connectivity index (χ3n) is 3.38. The Bertz CT molecular complexity index is 951. The molecule has 2 aromatic heterocycles. The lowest BCUT2D eigenvalue weighted by atomic mass is 10.3. The number of aliphatic hydroxyl groups excluding tert-OH is 1. The molecule has 0 fully saturated rings. The zero-order valence-electron chi connectivity index (χ0n) is 13.4. The number of ether oxygens (including phenoxy) is 1. The van der Waals surface area contributed by atoms with Gasteiger partial charge in [-0.05, 0) is 24.3 Å². The zero-order valence-corrected chi connectivity index (χ0v) is 14.9. The van der Waals surface area contributed by atoms with Crippen LogP contribution in [0.2, 0.25) is 10.0 Å². The first-order valence-electron chi connectivity index (χ1n) is 7.54. The maximum absolute atomic E-state index is 12.9. The van der Waals surface area contributed by atoms with Gasteiger partial charge >= 0.3 is 6.18 Å². The van der Waals surface area contributed by atoms with Crippen LogP contribution < -0.4 is 10.1 Å². The molecule has 1 atom stereocenters. The van der Waals surface area contributed by atoms with E-state index >= 15 is 0 Å². The van der Waals surface area contributed by atoms with Gasteiger partial charge in [0.15, 0.2) is 5.65 Å². The molecule has 0 saturated carbocycles. The Hall–Kier alpha value is -2.30. The molecule has 0 spiro atoms. The minimum atomic E-state index is -4.69. The second-order valence-corrected chi connectivity index (χ2v) is 6.19. The molecule has 2 N–H and O–H groups in total. The molecule has 1 unspecified atom stereocenters. The van der Waals surface area contributed by atoms with Crippen molar-refractivity contribution in [3.05, 3.63) is 46.2 Å². The molecule has 27 heavy (non-hydrogen) atoms. The number of halogens is 5. The highest BCUT2D eigenvalue weighted by atomic mass is 35.5. The highest BCUT2D eigenvalue weighted by molar-refractivity contribution is 6.42. The molecular formula is C15H12Cl2F3N5O2. The van der Waals surface area contributed by atoms with Crippen molar-refractivity contribution in [1.29, 1.82) is 0 Å². The van der Waals surface area contributed by atoms with Crippen LogP contribution in [0.25, 0.3) is 5.65 Å². The standard InChI is InChI=1S/C15H12Cl2F3N5O2/c16-9-2-1-3-10(13(9)17)27-7-8(26)6-21-11-4-5-12-22-23-14(15(18,19)20)25(12)24-11/h1-5,8,26H,6-7H2,(H,21,24). The lowest BCUT2D eigenvalue weighted by Crippen LogP contribution is -2.27. The number of aromatic nitrogens is 4. The number of anilines is 1. The van der Waals surface area contributed by atoms with Crippen molar-refractivity contribution in [1.82, 2.24) is 19.8 Å². The van der Waals surface area contributed by atoms with Gasteiger partial charge in [-0.25, -0.2) is 0 Å². The largest absolute Gasteiger partial charge is 0.489 e. The van der Waals surface area contributed by atoms with E-state index in [1.807, 2.05) is 0 Å². The summed E-state index contributed by atoms with van der Waals surface area (Å²) in [6.45, 7) is -0.143. The first-order valence-corrected chi connectivity index (χ1v) is 8.29. The molecule has 0 aliphatic carbocycles. The Kier molecular flexibility index (Phi) is 5.59. The molecular weight excluding hydrogens is 410 g/mol. The maximum atomic E-state index is 12.9. The summed E-state index contributed by atoms with van der Waals surface area (Å²) in [6, 6.07) is 7.58. The summed E-state index contributed by atoms with van der Waals surface area (Å²) in [5.74, 6) is -0.824. The first-order chi connectivity index (χ1) is 12.8. The van der Waals surface area contributed by atoms with E-state index in [2.05, 4.69) is 20.6 Å². The van der Waals surface area contributed by atoms with Crippen LogP contribution in [0.4, 0.5) is 19.0 Å². The summed E-state index contributed by atoms with van der Waals surface area (Å²) >= 11 is 11.8. The van der Waals surface area contributed by atoms with Crippen LogP contribution in [-0.2, 0) is 6.18 Å². The number of fused-ring (bicyclic) bond motifs is 1. The lowest BCUT2D eigenvalue weighted by Gasteiger charge is -2.14. The van der Waals surface area contributed by atoms with E-state index in [1.165, 1.54) is 12.1 Å². The van der Waals surface area contributed by atoms with Crippen molar-refractivity contribution in [2.45, 2.75) is 12.3 Å². The zero-order chi connectivity index (χ0) is 19.6. The summed E-state index contributed by atoms with van der Waals surface area (Å²) in [4.78, 5) is 0. The fraction of sp³-hybridized carbons (Fsp3) is 0.267. The number of hydrogen-bond acceptors (Lipinski definition) is 6. The second-order valence-electron chi connectivity index (χ2n) is 5.41. The Balaban J connectivity index is 1.61. The topological polar surface area (TPSA) is 84.6 Å². The molecule has 3 aromatic rings. The van der Waals surface area contributed by atoms with Gasteiger partial charge in [-0.1, -0.05) is 29.3 Å². The Labute approximate surface area is 160 Å². The highest BCUT2D eigenvalue weighted by Crippen LogP contribution is 2.31. The van der Waals surface area contributed by atoms with Crippen LogP contribution in [0.5, 0.6) is 5.75 Å². The number of aliphatic hydroxyl groups is 1. The van der Waals surface area contributed by atoms with E-state index < -0.39 is 18.1 Å². The van der Waals surface area contributed by atoms with E-state index in [4.69, 9.17) is 27.9 Å². The van der Waals surface area contributed by atoms with Gasteiger partial charge in [-0.3, -0.25) is 0 Å². The average molecular weight is 422 g/mol. The molecule has 2 heterocycles. The third kappa shape index (κ3) is 4.52. The minimum Gasteiger partial charge on any atom is -0.489 e. The van der Waals surface area contributed by atoms with Crippen LogP contribution in [-0.4, -0.2) is 44.2 Å². The summed E-state index contributed by atoms with van der Waals surface area (Å²) in [6.07, 6.45) is -5.67. The van der Waals surface area contributed by atoms with Crippen molar-refractivity contribution >= 4 is 34.7 Å². The molecule has 12 heteroatoms. The van der Waals surface area contributed by atoms with Gasteiger partial charge in [0.05, 0.1) is 5.02 Å². The lowest BCUT2D eigenvalue weighted by molar-refractivity contribution is -0.146. The van der Waals surface area contributed by atoms with Gasteiger partial charge in [-0.2, -0.15) is 17.7 Å². The van der Waals surface area contributed by atoms with Gasteiger partial charge < -0.3 is 15.2 Å². The molecule has 0 aliphatic rings. The molecule has 0 radical (unpaired) electrons. The number of hydrogen-bond donors (Lipinski definition) is 2. The number of nitrogens with one attached hydrogen (secondary N) is 1. The Morgan fingerprint density at radius 1 is 1.19 bits per heavy atom. The van der Waals surface area contributed by atoms with E-state index in [1.54, 1.807) is 18.2 Å². The maximum Gasteiger partial charge on any atom is 0.453 e. The predicted octanol–water partition coefficient (Wildman–Crippen LogP) is 3.30. The fourth-order valence-corrected chi connectivity index (χ4v) is 2.47. The number of rotatable bonds is 6. The van der Waals surface area contributed by atoms with Crippen molar-refractivity contribution in [2.24, 2.45) is 0 Å². The van der Waals surface area contributed by atoms with E-state index in [-0.39, 0.29) is 29.6 Å². The molecule has 0 saturated heterocycles. The molecule has 3 rings (SSSR count). The van der Waals surface area contributed by atoms with Crippen molar-refractivity contribution in [2.75, 3.05) is 18.5 Å². The van der Waals surface area contributed by atoms with E-state index in [9.17, 15) is 18.3 Å². The van der Waals surface area contributed by atoms with Crippen molar-refractivity contribution in [3.63, 3.8) is 0 Å². The van der Waals surface area contributed by atoms with Gasteiger partial charge in [-0.15, -0.1) is 15.3 Å². The van der Waals surface area contributed by atoms with Gasteiger partial charge in [0, 0.05) is 6.54 Å². The summed E-state index contributed by atoms with van der Waals surface area (Å²) in [5.41, 5.74) is -0.0487. The third-order valence-corrected chi connectivity index (χ3v) is 4.18. The number of benzene rings is 1. The van der Waals surface area contributed by atoms with Crippen molar-refractivity contribution in [3.8, 4) is 5.75 Å². The number of nitrogens with zero attached hydrogens (tertiary/aromatic N) is 4. The first kappa shape index (κ1) is 19.5. The molecule has 0 amide bonds. The summed E-state index contributed by atoms with van der Waals surface area (Å²) < 4.78 is 44.5. The summed E-state index contributed by atoms with van der Waals surface area (Å²) in [7, 11) is 0. The van der Waals surface area contributed by atoms with E-state index in [0.717, 1.165) is 0 Å². The summed E-state index contributed by atoms with van der Waals surface area (Å²) in [5, 5.41) is 23.5. The van der Waals surface area contributed by atoms with Crippen molar-refractivity contribution < 1.29 is 23.0 Å². The van der Waals surface area contributed by atoms with Crippen LogP contribution in [0.15, 0.2) is 30.3 Å². The minimum absolute atomic E-state index is 0.0276. The van der Waals surface area contributed by atoms with E-state index in [0.29, 0.717) is 15.3 Å². The SMILES string of the molecule is OC(CNc1ccc2nnc(C(F)(F)F)n2n1)COc1cccc(Cl)c1Cl. The molecule has 0 aliphatic heterocycles. The van der Waals surface area contributed by atoms with Gasteiger partial charge in [0.2, 0.25) is 0 Å². The average Bonchev–Trinajstić information content (AvgIpc) is 3.04. The molecule has 144 valence electrons. The van der Waals surface area contributed by atoms with Crippen LogP contribution in [0.1, 0.15) is 5.82 Å². The van der Waals surface area contributed by atoms with Crippen LogP contribution in [0, 0.1) is 0 Å². The Morgan fingerprint density at radius 3 is 2.70 bits per heavy atom. The van der Waals surface area contributed by atoms with Gasteiger partial charge in [0.25, 0.3) is 5.82 Å². The number of alkyl halides is 3. The smallest absolute Gasteiger partial charge is 0.453 e.